The van der Waals surface area contributed by atoms with Crippen molar-refractivity contribution in [1.29, 1.82) is 0 Å². The van der Waals surface area contributed by atoms with Crippen LogP contribution in [-0.2, 0) is 0 Å². The lowest BCUT2D eigenvalue weighted by molar-refractivity contribution is 0.599. The minimum atomic E-state index is 0.884. The lowest BCUT2D eigenvalue weighted by Gasteiger charge is -2.06. The number of nitrogens with zero attached hydrogens (tertiary/aromatic N) is 1. The molecule has 0 atom stereocenters. The van der Waals surface area contributed by atoms with Crippen molar-refractivity contribution in [3.63, 3.8) is 0 Å². The van der Waals surface area contributed by atoms with Crippen LogP contribution in [-0.4, -0.2) is 4.98 Å². The maximum absolute atomic E-state index is 5.32. The highest BCUT2D eigenvalue weighted by atomic mass is 79.9. The van der Waals surface area contributed by atoms with E-state index in [4.69, 9.17) is 4.42 Å². The van der Waals surface area contributed by atoms with Crippen LogP contribution in [0.5, 0.6) is 0 Å². The third kappa shape index (κ3) is 1.10. The fraction of sp³-hybridized carbons (Fsp3) is 0.300. The second kappa shape index (κ2) is 2.84. The molecular weight excluding hydrogens is 230 g/mol. The number of rotatable bonds is 0. The lowest BCUT2D eigenvalue weighted by atomic mass is 10.1. The van der Waals surface area contributed by atoms with Crippen LogP contribution in [0.4, 0.5) is 0 Å². The van der Waals surface area contributed by atoms with Crippen molar-refractivity contribution >= 4 is 27.0 Å². The van der Waals surface area contributed by atoms with Crippen molar-refractivity contribution in [2.75, 3.05) is 0 Å². The normalized spacial score (nSPS) is 11.1. The summed E-state index contributed by atoms with van der Waals surface area (Å²) in [7, 11) is 0. The van der Waals surface area contributed by atoms with Gasteiger partial charge in [0, 0.05) is 10.0 Å². The standard InChI is InChI=1S/C10H10BrNO/c1-5-6(2)9-10(13-4-12-9)7(3)8(5)11/h4H,1-3H3. The molecule has 0 spiro atoms. The Hall–Kier alpha value is -0.830. The minimum absolute atomic E-state index is 0.884. The molecule has 0 aliphatic heterocycles. The van der Waals surface area contributed by atoms with Crippen molar-refractivity contribution in [3.05, 3.63) is 27.6 Å². The summed E-state index contributed by atoms with van der Waals surface area (Å²) in [6, 6.07) is 0. The quantitative estimate of drug-likeness (QED) is 0.704. The van der Waals surface area contributed by atoms with Gasteiger partial charge in [-0.05, 0) is 31.9 Å². The molecule has 68 valence electrons. The van der Waals surface area contributed by atoms with E-state index in [9.17, 15) is 0 Å². The van der Waals surface area contributed by atoms with Crippen LogP contribution in [0.3, 0.4) is 0 Å². The van der Waals surface area contributed by atoms with E-state index in [1.54, 1.807) is 0 Å². The van der Waals surface area contributed by atoms with Crippen LogP contribution < -0.4 is 0 Å². The van der Waals surface area contributed by atoms with Crippen LogP contribution in [0.15, 0.2) is 15.3 Å². The second-order valence-electron chi connectivity index (χ2n) is 3.22. The fourth-order valence-electron chi connectivity index (χ4n) is 1.50. The number of aryl methyl sites for hydroxylation is 2. The summed E-state index contributed by atoms with van der Waals surface area (Å²) in [6.45, 7) is 6.18. The maximum atomic E-state index is 5.32. The van der Waals surface area contributed by atoms with Crippen LogP contribution in [0, 0.1) is 20.8 Å². The molecule has 0 amide bonds. The SMILES string of the molecule is Cc1c(Br)c(C)c2ocnc2c1C. The van der Waals surface area contributed by atoms with E-state index >= 15 is 0 Å². The van der Waals surface area contributed by atoms with Crippen molar-refractivity contribution in [3.8, 4) is 0 Å². The zero-order chi connectivity index (χ0) is 9.59. The van der Waals surface area contributed by atoms with Gasteiger partial charge in [-0.1, -0.05) is 15.9 Å². The van der Waals surface area contributed by atoms with Gasteiger partial charge in [0.1, 0.15) is 5.52 Å². The van der Waals surface area contributed by atoms with E-state index in [2.05, 4.69) is 34.8 Å². The summed E-state index contributed by atoms with van der Waals surface area (Å²) in [4.78, 5) is 4.19. The van der Waals surface area contributed by atoms with Gasteiger partial charge < -0.3 is 4.42 Å². The third-order valence-electron chi connectivity index (χ3n) is 2.48. The molecule has 1 aromatic carbocycles. The van der Waals surface area contributed by atoms with Crippen LogP contribution in [0.2, 0.25) is 0 Å². The van der Waals surface area contributed by atoms with Crippen molar-refractivity contribution in [2.24, 2.45) is 0 Å². The van der Waals surface area contributed by atoms with Gasteiger partial charge in [-0.15, -0.1) is 0 Å². The Bertz CT molecular complexity index is 431. The van der Waals surface area contributed by atoms with Gasteiger partial charge in [0.25, 0.3) is 0 Å². The molecule has 13 heavy (non-hydrogen) atoms. The molecule has 0 radical (unpaired) electrons. The summed E-state index contributed by atoms with van der Waals surface area (Å²) in [5.41, 5.74) is 5.39. The molecule has 0 bridgehead atoms. The summed E-state index contributed by atoms with van der Waals surface area (Å²) in [6.07, 6.45) is 1.50. The van der Waals surface area contributed by atoms with Crippen LogP contribution >= 0.6 is 15.9 Å². The molecule has 0 aliphatic carbocycles. The lowest BCUT2D eigenvalue weighted by Crippen LogP contribution is -1.89. The first kappa shape index (κ1) is 8.75. The smallest absolute Gasteiger partial charge is 0.182 e. The highest BCUT2D eigenvalue weighted by molar-refractivity contribution is 9.10. The molecule has 2 nitrogen and oxygen atoms in total. The molecule has 0 N–H and O–H groups in total. The highest BCUT2D eigenvalue weighted by Crippen LogP contribution is 2.31. The van der Waals surface area contributed by atoms with Gasteiger partial charge in [0.15, 0.2) is 12.0 Å². The Morgan fingerprint density at radius 1 is 1.15 bits per heavy atom. The van der Waals surface area contributed by atoms with Gasteiger partial charge in [-0.25, -0.2) is 4.98 Å². The van der Waals surface area contributed by atoms with E-state index < -0.39 is 0 Å². The summed E-state index contributed by atoms with van der Waals surface area (Å²) in [5.74, 6) is 0. The summed E-state index contributed by atoms with van der Waals surface area (Å²) < 4.78 is 6.44. The number of oxazole rings is 1. The molecule has 1 aromatic heterocycles. The maximum Gasteiger partial charge on any atom is 0.182 e. The molecular formula is C10H10BrNO. The molecule has 0 unspecified atom stereocenters. The molecule has 3 heteroatoms. The van der Waals surface area contributed by atoms with Gasteiger partial charge in [-0.2, -0.15) is 0 Å². The van der Waals surface area contributed by atoms with E-state index in [1.807, 2.05) is 6.92 Å². The molecule has 0 fully saturated rings. The predicted molar refractivity (Wildman–Crippen MR) is 55.9 cm³/mol. The van der Waals surface area contributed by atoms with Crippen molar-refractivity contribution in [2.45, 2.75) is 20.8 Å². The number of hydrogen-bond donors (Lipinski definition) is 0. The first-order valence-electron chi connectivity index (χ1n) is 4.11. The van der Waals surface area contributed by atoms with Gasteiger partial charge >= 0.3 is 0 Å². The van der Waals surface area contributed by atoms with E-state index in [-0.39, 0.29) is 0 Å². The Labute approximate surface area is 85.1 Å². The van der Waals surface area contributed by atoms with Crippen molar-refractivity contribution in [1.82, 2.24) is 4.98 Å². The number of halogens is 1. The zero-order valence-electron chi connectivity index (χ0n) is 7.81. The van der Waals surface area contributed by atoms with E-state index in [1.165, 1.54) is 17.5 Å². The number of benzene rings is 1. The highest BCUT2D eigenvalue weighted by Gasteiger charge is 2.12. The first-order valence-corrected chi connectivity index (χ1v) is 4.90. The number of aromatic nitrogens is 1. The fourth-order valence-corrected chi connectivity index (χ4v) is 1.98. The largest absolute Gasteiger partial charge is 0.443 e. The topological polar surface area (TPSA) is 26.0 Å². The Morgan fingerprint density at radius 2 is 1.85 bits per heavy atom. The average molecular weight is 240 g/mol. The predicted octanol–water partition coefficient (Wildman–Crippen LogP) is 3.52. The molecule has 1 heterocycles. The van der Waals surface area contributed by atoms with Crippen LogP contribution in [0.25, 0.3) is 11.1 Å². The van der Waals surface area contributed by atoms with Gasteiger partial charge in [0.2, 0.25) is 0 Å². The average Bonchev–Trinajstić information content (AvgIpc) is 2.59. The van der Waals surface area contributed by atoms with Crippen molar-refractivity contribution < 1.29 is 4.42 Å². The van der Waals surface area contributed by atoms with Gasteiger partial charge in [-0.3, -0.25) is 0 Å². The molecule has 0 aliphatic rings. The molecule has 2 aromatic rings. The third-order valence-corrected chi connectivity index (χ3v) is 3.67. The summed E-state index contributed by atoms with van der Waals surface area (Å²) >= 11 is 3.55. The monoisotopic (exact) mass is 239 g/mol. The Kier molecular flexibility index (Phi) is 1.91. The van der Waals surface area contributed by atoms with Crippen LogP contribution in [0.1, 0.15) is 16.7 Å². The molecule has 2 rings (SSSR count). The number of hydrogen-bond acceptors (Lipinski definition) is 2. The second-order valence-corrected chi connectivity index (χ2v) is 4.01. The van der Waals surface area contributed by atoms with E-state index in [0.717, 1.165) is 21.1 Å². The first-order chi connectivity index (χ1) is 6.13. The zero-order valence-corrected chi connectivity index (χ0v) is 9.40. The Balaban J connectivity index is 3.02. The molecule has 0 saturated carbocycles. The molecule has 0 saturated heterocycles. The Morgan fingerprint density at radius 3 is 2.54 bits per heavy atom. The minimum Gasteiger partial charge on any atom is -0.443 e. The summed E-state index contributed by atoms with van der Waals surface area (Å²) in [5, 5.41) is 0. The van der Waals surface area contributed by atoms with Gasteiger partial charge in [0.05, 0.1) is 0 Å². The number of fused-ring (bicyclic) bond motifs is 1. The van der Waals surface area contributed by atoms with E-state index in [0.29, 0.717) is 0 Å².